The quantitative estimate of drug-likeness (QED) is 0.223. The summed E-state index contributed by atoms with van der Waals surface area (Å²) in [7, 11) is 0. The molecule has 2 amide bonds. The van der Waals surface area contributed by atoms with Gasteiger partial charge < -0.3 is 30.5 Å². The van der Waals surface area contributed by atoms with Gasteiger partial charge in [0.1, 0.15) is 29.8 Å². The molecule has 1 aliphatic heterocycles. The highest BCUT2D eigenvalue weighted by atomic mass is 16.6. The first kappa shape index (κ1) is 28.6. The Balaban J connectivity index is 1.64. The molecule has 38 heavy (non-hydrogen) atoms. The monoisotopic (exact) mass is 524 g/mol. The van der Waals surface area contributed by atoms with Crippen LogP contribution in [0.5, 0.6) is 5.75 Å². The fourth-order valence-electron chi connectivity index (χ4n) is 4.13. The van der Waals surface area contributed by atoms with Crippen molar-refractivity contribution in [3.8, 4) is 5.75 Å². The molecule has 0 aliphatic carbocycles. The van der Waals surface area contributed by atoms with Crippen LogP contribution >= 0.6 is 0 Å². The summed E-state index contributed by atoms with van der Waals surface area (Å²) in [5, 5.41) is 20.0. The minimum absolute atomic E-state index is 0.101. The number of amides is 2. The SMILES string of the molecule is CC(C)(C)OC(=O)COC1CCN(C(=O)[C@H](Cc2ccc(O)cc2)NC(=O)c2ccc(C(=N)N)cc2)CC1. The molecule has 1 heterocycles. The minimum Gasteiger partial charge on any atom is -0.508 e. The van der Waals surface area contributed by atoms with Crippen molar-refractivity contribution < 1.29 is 29.0 Å². The van der Waals surface area contributed by atoms with Gasteiger partial charge in [-0.15, -0.1) is 0 Å². The minimum atomic E-state index is -0.834. The number of phenolic OH excluding ortho intramolecular Hbond substituents is 1. The van der Waals surface area contributed by atoms with E-state index in [1.165, 1.54) is 12.1 Å². The van der Waals surface area contributed by atoms with Crippen molar-refractivity contribution in [1.29, 1.82) is 5.41 Å². The summed E-state index contributed by atoms with van der Waals surface area (Å²) >= 11 is 0. The summed E-state index contributed by atoms with van der Waals surface area (Å²) in [6.07, 6.45) is 1.18. The smallest absolute Gasteiger partial charge is 0.332 e. The third-order valence-electron chi connectivity index (χ3n) is 6.05. The summed E-state index contributed by atoms with van der Waals surface area (Å²) in [4.78, 5) is 40.1. The van der Waals surface area contributed by atoms with Gasteiger partial charge >= 0.3 is 5.97 Å². The number of carbonyl (C=O) groups is 3. The summed E-state index contributed by atoms with van der Waals surface area (Å²) in [6, 6.07) is 11.9. The Morgan fingerprint density at radius 1 is 1.05 bits per heavy atom. The molecule has 0 aromatic heterocycles. The Kier molecular flexibility index (Phi) is 9.46. The molecule has 0 unspecified atom stereocenters. The molecule has 1 atom stereocenters. The standard InChI is InChI=1S/C28H36N4O6/c1-28(2,3)38-24(34)17-37-22-12-14-32(15-13-22)27(36)23(16-18-4-10-21(33)11-5-18)31-26(35)20-8-6-19(7-9-20)25(29)30/h4-11,22-23,33H,12-17H2,1-3H3,(H3,29,30)(H,31,35)/t23-/m0/s1. The fourth-order valence-corrected chi connectivity index (χ4v) is 4.13. The number of rotatable bonds is 9. The van der Waals surface area contributed by atoms with Crippen LogP contribution < -0.4 is 11.1 Å². The number of nitrogens with one attached hydrogen (secondary N) is 2. The van der Waals surface area contributed by atoms with E-state index < -0.39 is 23.5 Å². The van der Waals surface area contributed by atoms with Crippen molar-refractivity contribution in [2.75, 3.05) is 19.7 Å². The van der Waals surface area contributed by atoms with Crippen LogP contribution in [0.3, 0.4) is 0 Å². The molecule has 10 heteroatoms. The zero-order chi connectivity index (χ0) is 27.9. The van der Waals surface area contributed by atoms with Gasteiger partial charge in [0, 0.05) is 30.6 Å². The number of likely N-dealkylation sites (tertiary alicyclic amines) is 1. The van der Waals surface area contributed by atoms with Crippen LogP contribution in [0.2, 0.25) is 0 Å². The van der Waals surface area contributed by atoms with Gasteiger partial charge in [0.2, 0.25) is 5.91 Å². The Labute approximate surface area is 222 Å². The van der Waals surface area contributed by atoms with Crippen LogP contribution in [0.25, 0.3) is 0 Å². The number of hydrogen-bond donors (Lipinski definition) is 4. The highest BCUT2D eigenvalue weighted by molar-refractivity contribution is 5.99. The first-order valence-electron chi connectivity index (χ1n) is 12.6. The predicted octanol–water partition coefficient (Wildman–Crippen LogP) is 2.37. The number of piperidine rings is 1. The fraction of sp³-hybridized carbons (Fsp3) is 0.429. The van der Waals surface area contributed by atoms with Crippen LogP contribution in [-0.2, 0) is 25.5 Å². The molecule has 5 N–H and O–H groups in total. The lowest BCUT2D eigenvalue weighted by molar-refractivity contribution is -0.163. The molecule has 1 saturated heterocycles. The van der Waals surface area contributed by atoms with Crippen LogP contribution in [0.15, 0.2) is 48.5 Å². The Bertz CT molecular complexity index is 1130. The number of nitrogens with zero attached hydrogens (tertiary/aromatic N) is 1. The maximum absolute atomic E-state index is 13.5. The second-order valence-electron chi connectivity index (χ2n) is 10.3. The molecule has 1 fully saturated rings. The van der Waals surface area contributed by atoms with Crippen LogP contribution in [0.1, 0.15) is 55.1 Å². The zero-order valence-corrected chi connectivity index (χ0v) is 22.0. The van der Waals surface area contributed by atoms with Crippen LogP contribution in [0, 0.1) is 5.41 Å². The molecule has 0 saturated carbocycles. The highest BCUT2D eigenvalue weighted by Crippen LogP contribution is 2.18. The number of ether oxygens (including phenoxy) is 2. The largest absolute Gasteiger partial charge is 0.508 e. The van der Waals surface area contributed by atoms with Gasteiger partial charge in [-0.25, -0.2) is 4.79 Å². The van der Waals surface area contributed by atoms with E-state index in [1.54, 1.807) is 62.1 Å². The average molecular weight is 525 g/mol. The van der Waals surface area contributed by atoms with E-state index in [0.29, 0.717) is 37.1 Å². The van der Waals surface area contributed by atoms with Gasteiger partial charge in [0.25, 0.3) is 5.91 Å². The number of benzene rings is 2. The molecule has 0 radical (unpaired) electrons. The van der Waals surface area contributed by atoms with E-state index in [1.807, 2.05) is 0 Å². The topological polar surface area (TPSA) is 155 Å². The molecule has 0 bridgehead atoms. The summed E-state index contributed by atoms with van der Waals surface area (Å²) in [5.41, 5.74) is 6.53. The predicted molar refractivity (Wildman–Crippen MR) is 142 cm³/mol. The lowest BCUT2D eigenvalue weighted by atomic mass is 10.0. The van der Waals surface area contributed by atoms with E-state index in [-0.39, 0.29) is 36.6 Å². The van der Waals surface area contributed by atoms with Crippen LogP contribution in [0.4, 0.5) is 0 Å². The second kappa shape index (κ2) is 12.6. The normalized spacial score (nSPS) is 15.0. The van der Waals surface area contributed by atoms with Gasteiger partial charge in [0.15, 0.2) is 0 Å². The van der Waals surface area contributed by atoms with Crippen molar-refractivity contribution in [3.05, 3.63) is 65.2 Å². The van der Waals surface area contributed by atoms with Gasteiger partial charge in [-0.1, -0.05) is 24.3 Å². The average Bonchev–Trinajstić information content (AvgIpc) is 2.87. The van der Waals surface area contributed by atoms with Crippen molar-refractivity contribution >= 4 is 23.6 Å². The first-order chi connectivity index (χ1) is 17.9. The zero-order valence-electron chi connectivity index (χ0n) is 22.0. The van der Waals surface area contributed by atoms with Crippen molar-refractivity contribution in [1.82, 2.24) is 10.2 Å². The molecular formula is C28H36N4O6. The summed E-state index contributed by atoms with van der Waals surface area (Å²) in [6.45, 7) is 6.09. The van der Waals surface area contributed by atoms with Gasteiger partial charge in [-0.05, 0) is 63.4 Å². The second-order valence-corrected chi connectivity index (χ2v) is 10.3. The number of aromatic hydroxyl groups is 1. The number of phenols is 1. The molecule has 2 aromatic rings. The molecule has 204 valence electrons. The van der Waals surface area contributed by atoms with Gasteiger partial charge in [-0.2, -0.15) is 0 Å². The lowest BCUT2D eigenvalue weighted by Gasteiger charge is -2.34. The van der Waals surface area contributed by atoms with Crippen molar-refractivity contribution in [2.45, 2.75) is 57.8 Å². The molecule has 3 rings (SSSR count). The Hall–Kier alpha value is -3.92. The third-order valence-corrected chi connectivity index (χ3v) is 6.05. The molecule has 1 aliphatic rings. The Morgan fingerprint density at radius 3 is 2.18 bits per heavy atom. The number of hydrogen-bond acceptors (Lipinski definition) is 7. The number of carbonyl (C=O) groups excluding carboxylic acids is 3. The summed E-state index contributed by atoms with van der Waals surface area (Å²) < 4.78 is 11.0. The van der Waals surface area contributed by atoms with E-state index in [4.69, 9.17) is 20.6 Å². The van der Waals surface area contributed by atoms with E-state index >= 15 is 0 Å². The third kappa shape index (κ3) is 8.58. The van der Waals surface area contributed by atoms with E-state index in [0.717, 1.165) is 5.56 Å². The number of nitrogen functional groups attached to an aromatic ring is 1. The van der Waals surface area contributed by atoms with Gasteiger partial charge in [0.05, 0.1) is 6.10 Å². The molecule has 10 nitrogen and oxygen atoms in total. The number of amidine groups is 1. The first-order valence-corrected chi connectivity index (χ1v) is 12.6. The van der Waals surface area contributed by atoms with E-state index in [9.17, 15) is 19.5 Å². The lowest BCUT2D eigenvalue weighted by Crippen LogP contribution is -2.52. The molecular weight excluding hydrogens is 488 g/mol. The summed E-state index contributed by atoms with van der Waals surface area (Å²) in [5.74, 6) is -1.07. The maximum Gasteiger partial charge on any atom is 0.332 e. The van der Waals surface area contributed by atoms with Gasteiger partial charge in [-0.3, -0.25) is 15.0 Å². The molecule has 0 spiro atoms. The van der Waals surface area contributed by atoms with Crippen molar-refractivity contribution in [2.24, 2.45) is 5.73 Å². The van der Waals surface area contributed by atoms with Crippen LogP contribution in [-0.4, -0.2) is 71.1 Å². The highest BCUT2D eigenvalue weighted by Gasteiger charge is 2.30. The molecule has 2 aromatic carbocycles. The maximum atomic E-state index is 13.5. The Morgan fingerprint density at radius 2 is 1.63 bits per heavy atom. The van der Waals surface area contributed by atoms with Crippen molar-refractivity contribution in [3.63, 3.8) is 0 Å². The number of nitrogens with two attached hydrogens (primary N) is 1. The number of esters is 1. The van der Waals surface area contributed by atoms with E-state index in [2.05, 4.69) is 5.32 Å².